The van der Waals surface area contributed by atoms with Crippen LogP contribution >= 0.6 is 11.6 Å². The Bertz CT molecular complexity index is 1020. The third-order valence-corrected chi connectivity index (χ3v) is 7.87. The second-order valence-corrected chi connectivity index (χ2v) is 10.0. The first kappa shape index (κ1) is 20.3. The SMILES string of the molecule is CN1CCN(S(=O)(=O)c2cccc(NC(=O)C3CC3c3ccccc3Cl)c2)CC1. The third kappa shape index (κ3) is 4.33. The van der Waals surface area contributed by atoms with E-state index in [1.165, 1.54) is 4.31 Å². The zero-order valence-corrected chi connectivity index (χ0v) is 17.8. The minimum atomic E-state index is -3.57. The molecule has 1 saturated carbocycles. The first-order valence-electron chi connectivity index (χ1n) is 9.70. The van der Waals surface area contributed by atoms with Gasteiger partial charge in [0, 0.05) is 42.8 Å². The van der Waals surface area contributed by atoms with Crippen LogP contribution in [0.5, 0.6) is 0 Å². The number of benzene rings is 2. The fourth-order valence-corrected chi connectivity index (χ4v) is 5.50. The molecule has 2 unspecified atom stereocenters. The van der Waals surface area contributed by atoms with Crippen molar-refractivity contribution in [1.29, 1.82) is 0 Å². The molecule has 1 N–H and O–H groups in total. The van der Waals surface area contributed by atoms with Crippen LogP contribution in [0.3, 0.4) is 0 Å². The fourth-order valence-electron chi connectivity index (χ4n) is 3.75. The van der Waals surface area contributed by atoms with E-state index in [0.717, 1.165) is 12.0 Å². The highest BCUT2D eigenvalue weighted by Gasteiger charge is 2.44. The highest BCUT2D eigenvalue weighted by Crippen LogP contribution is 2.50. The molecule has 1 aliphatic heterocycles. The summed E-state index contributed by atoms with van der Waals surface area (Å²) in [6.45, 7) is 2.36. The standard InChI is InChI=1S/C21H24ClN3O3S/c1-24-9-11-25(12-10-24)29(27,28)16-6-4-5-15(13-16)23-21(26)19-14-18(19)17-7-2-3-8-20(17)22/h2-8,13,18-19H,9-12,14H2,1H3,(H,23,26). The van der Waals surface area contributed by atoms with E-state index in [0.29, 0.717) is 36.9 Å². The van der Waals surface area contributed by atoms with Gasteiger partial charge < -0.3 is 10.2 Å². The molecule has 2 fully saturated rings. The van der Waals surface area contributed by atoms with E-state index in [4.69, 9.17) is 11.6 Å². The molecular weight excluding hydrogens is 410 g/mol. The van der Waals surface area contributed by atoms with E-state index >= 15 is 0 Å². The zero-order valence-electron chi connectivity index (χ0n) is 16.2. The van der Waals surface area contributed by atoms with E-state index in [9.17, 15) is 13.2 Å². The lowest BCUT2D eigenvalue weighted by atomic mass is 10.1. The van der Waals surface area contributed by atoms with Gasteiger partial charge in [-0.25, -0.2) is 8.42 Å². The van der Waals surface area contributed by atoms with Gasteiger partial charge in [0.15, 0.2) is 0 Å². The molecule has 1 amide bonds. The van der Waals surface area contributed by atoms with Crippen LogP contribution in [0, 0.1) is 5.92 Å². The van der Waals surface area contributed by atoms with Crippen LogP contribution in [0.1, 0.15) is 17.9 Å². The van der Waals surface area contributed by atoms with Gasteiger partial charge in [-0.3, -0.25) is 4.79 Å². The lowest BCUT2D eigenvalue weighted by molar-refractivity contribution is -0.117. The number of likely N-dealkylation sites (N-methyl/N-ethyl adjacent to an activating group) is 1. The quantitative estimate of drug-likeness (QED) is 0.786. The molecule has 1 aliphatic carbocycles. The van der Waals surface area contributed by atoms with Crippen molar-refractivity contribution in [2.45, 2.75) is 17.2 Å². The van der Waals surface area contributed by atoms with Crippen molar-refractivity contribution in [3.05, 3.63) is 59.1 Å². The Labute approximate surface area is 176 Å². The number of carbonyl (C=O) groups excluding carboxylic acids is 1. The van der Waals surface area contributed by atoms with Crippen LogP contribution in [0.2, 0.25) is 5.02 Å². The Hall–Kier alpha value is -1.93. The van der Waals surface area contributed by atoms with Gasteiger partial charge in [-0.15, -0.1) is 0 Å². The molecule has 6 nitrogen and oxygen atoms in total. The Morgan fingerprint density at radius 3 is 2.52 bits per heavy atom. The van der Waals surface area contributed by atoms with Gasteiger partial charge in [-0.05, 0) is 49.2 Å². The average Bonchev–Trinajstić information content (AvgIpc) is 3.50. The Morgan fingerprint density at radius 1 is 1.07 bits per heavy atom. The Morgan fingerprint density at radius 2 is 1.79 bits per heavy atom. The van der Waals surface area contributed by atoms with Crippen molar-refractivity contribution in [2.75, 3.05) is 38.5 Å². The van der Waals surface area contributed by atoms with Crippen molar-refractivity contribution in [3.63, 3.8) is 0 Å². The summed E-state index contributed by atoms with van der Waals surface area (Å²) >= 11 is 6.24. The molecule has 2 atom stereocenters. The van der Waals surface area contributed by atoms with Gasteiger partial charge in [0.2, 0.25) is 15.9 Å². The molecule has 0 spiro atoms. The van der Waals surface area contributed by atoms with Crippen LogP contribution in [0.25, 0.3) is 0 Å². The number of piperazine rings is 1. The number of carbonyl (C=O) groups is 1. The summed E-state index contributed by atoms with van der Waals surface area (Å²) < 4.78 is 27.4. The molecule has 0 bridgehead atoms. The summed E-state index contributed by atoms with van der Waals surface area (Å²) in [5.74, 6) is -0.141. The smallest absolute Gasteiger partial charge is 0.243 e. The van der Waals surface area contributed by atoms with Crippen LogP contribution in [-0.2, 0) is 14.8 Å². The molecular formula is C21H24ClN3O3S. The van der Waals surface area contributed by atoms with Gasteiger partial charge in [-0.1, -0.05) is 35.9 Å². The average molecular weight is 434 g/mol. The molecule has 154 valence electrons. The van der Waals surface area contributed by atoms with E-state index in [1.54, 1.807) is 24.3 Å². The van der Waals surface area contributed by atoms with Gasteiger partial charge in [0.05, 0.1) is 4.90 Å². The maximum absolute atomic E-state index is 12.9. The number of amides is 1. The maximum Gasteiger partial charge on any atom is 0.243 e. The monoisotopic (exact) mass is 433 g/mol. The van der Waals surface area contributed by atoms with Crippen LogP contribution < -0.4 is 5.32 Å². The number of rotatable bonds is 5. The third-order valence-electron chi connectivity index (χ3n) is 5.63. The molecule has 2 aliphatic rings. The van der Waals surface area contributed by atoms with Gasteiger partial charge in [-0.2, -0.15) is 4.31 Å². The predicted molar refractivity (Wildman–Crippen MR) is 114 cm³/mol. The number of halogens is 1. The normalized spacial score (nSPS) is 23.0. The molecule has 4 rings (SSSR count). The number of hydrogen-bond donors (Lipinski definition) is 1. The number of hydrogen-bond acceptors (Lipinski definition) is 4. The fraction of sp³-hybridized carbons (Fsp3) is 0.381. The molecule has 2 aromatic carbocycles. The van der Waals surface area contributed by atoms with Crippen LogP contribution in [-0.4, -0.2) is 56.8 Å². The molecule has 29 heavy (non-hydrogen) atoms. The summed E-state index contributed by atoms with van der Waals surface area (Å²) in [4.78, 5) is 15.0. The molecule has 1 heterocycles. The van der Waals surface area contributed by atoms with Crippen molar-refractivity contribution >= 4 is 33.2 Å². The zero-order chi connectivity index (χ0) is 20.6. The summed E-state index contributed by atoms with van der Waals surface area (Å²) in [5, 5.41) is 3.55. The van der Waals surface area contributed by atoms with Crippen molar-refractivity contribution in [1.82, 2.24) is 9.21 Å². The van der Waals surface area contributed by atoms with E-state index in [-0.39, 0.29) is 22.6 Å². The van der Waals surface area contributed by atoms with E-state index in [1.807, 2.05) is 31.3 Å². The highest BCUT2D eigenvalue weighted by molar-refractivity contribution is 7.89. The lowest BCUT2D eigenvalue weighted by Crippen LogP contribution is -2.47. The van der Waals surface area contributed by atoms with E-state index < -0.39 is 10.0 Å². The second kappa shape index (κ2) is 8.07. The summed E-state index contributed by atoms with van der Waals surface area (Å²) in [6, 6.07) is 14.1. The molecule has 1 saturated heterocycles. The number of nitrogens with zero attached hydrogens (tertiary/aromatic N) is 2. The van der Waals surface area contributed by atoms with Crippen molar-refractivity contribution in [2.24, 2.45) is 5.92 Å². The van der Waals surface area contributed by atoms with Crippen molar-refractivity contribution in [3.8, 4) is 0 Å². The number of sulfonamides is 1. The first-order valence-corrected chi connectivity index (χ1v) is 11.5. The highest BCUT2D eigenvalue weighted by atomic mass is 35.5. The van der Waals surface area contributed by atoms with Crippen molar-refractivity contribution < 1.29 is 13.2 Å². The largest absolute Gasteiger partial charge is 0.326 e. The Balaban J connectivity index is 1.44. The predicted octanol–water partition coefficient (Wildman–Crippen LogP) is 3.02. The number of anilines is 1. The minimum Gasteiger partial charge on any atom is -0.326 e. The summed E-state index contributed by atoms with van der Waals surface area (Å²) in [7, 11) is -1.59. The lowest BCUT2D eigenvalue weighted by Gasteiger charge is -2.31. The number of nitrogens with one attached hydrogen (secondary N) is 1. The molecule has 8 heteroatoms. The molecule has 0 aromatic heterocycles. The minimum absolute atomic E-state index is 0.107. The topological polar surface area (TPSA) is 69.7 Å². The molecule has 2 aromatic rings. The van der Waals surface area contributed by atoms with Crippen LogP contribution in [0.15, 0.2) is 53.4 Å². The summed E-state index contributed by atoms with van der Waals surface area (Å²) in [5.41, 5.74) is 1.48. The second-order valence-electron chi connectivity index (χ2n) is 7.69. The maximum atomic E-state index is 12.9. The van der Waals surface area contributed by atoms with Gasteiger partial charge in [0.1, 0.15) is 0 Å². The molecule has 0 radical (unpaired) electrons. The van der Waals surface area contributed by atoms with E-state index in [2.05, 4.69) is 10.2 Å². The summed E-state index contributed by atoms with van der Waals surface area (Å²) in [6.07, 6.45) is 0.745. The van der Waals surface area contributed by atoms with Crippen LogP contribution in [0.4, 0.5) is 5.69 Å². The first-order chi connectivity index (χ1) is 13.9. The Kier molecular flexibility index (Phi) is 5.66. The van der Waals surface area contributed by atoms with Gasteiger partial charge >= 0.3 is 0 Å². The van der Waals surface area contributed by atoms with Gasteiger partial charge in [0.25, 0.3) is 0 Å².